The van der Waals surface area contributed by atoms with Crippen molar-refractivity contribution in [3.8, 4) is 0 Å². The van der Waals surface area contributed by atoms with Crippen LogP contribution in [-0.4, -0.2) is 36.9 Å². The summed E-state index contributed by atoms with van der Waals surface area (Å²) in [5, 5.41) is 11.5. The standard InChI is InChI=1S/C22H26Cl2N2O/c1-4-15-9-16(8-14(2)20(15)26-12-22(3,27)13-26)17-10-25(11-17)21-18(23)6-5-7-19(21)24/h5-9,17,27H,4,10-13H2,1-3H3. The van der Waals surface area contributed by atoms with E-state index in [1.807, 2.05) is 25.1 Å². The Kier molecular flexibility index (Phi) is 4.82. The molecule has 0 atom stereocenters. The number of anilines is 2. The molecule has 0 aromatic heterocycles. The van der Waals surface area contributed by atoms with Crippen LogP contribution in [0.4, 0.5) is 11.4 Å². The smallest absolute Gasteiger partial charge is 0.0967 e. The number of hydrogen-bond acceptors (Lipinski definition) is 3. The van der Waals surface area contributed by atoms with E-state index in [0.29, 0.717) is 29.1 Å². The second-order valence-electron chi connectivity index (χ2n) is 8.22. The maximum atomic E-state index is 10.1. The zero-order chi connectivity index (χ0) is 19.3. The molecular formula is C22H26Cl2N2O. The fraction of sp³-hybridized carbons (Fsp3) is 0.455. The van der Waals surface area contributed by atoms with Crippen LogP contribution in [0.3, 0.4) is 0 Å². The van der Waals surface area contributed by atoms with E-state index in [-0.39, 0.29) is 0 Å². The third-order valence-electron chi connectivity index (χ3n) is 5.77. The first kappa shape index (κ1) is 18.9. The van der Waals surface area contributed by atoms with Gasteiger partial charge in [-0.15, -0.1) is 0 Å². The predicted octanol–water partition coefficient (Wildman–Crippen LogP) is 5.04. The number of rotatable bonds is 4. The Bertz CT molecular complexity index is 847. The number of aryl methyl sites for hydroxylation is 2. The molecule has 4 rings (SSSR count). The molecule has 2 aliphatic heterocycles. The number of aliphatic hydroxyl groups is 1. The van der Waals surface area contributed by atoms with E-state index in [4.69, 9.17) is 23.2 Å². The lowest BCUT2D eigenvalue weighted by Gasteiger charge is -2.47. The lowest BCUT2D eigenvalue weighted by molar-refractivity contribution is 0.0309. The van der Waals surface area contributed by atoms with Crippen LogP contribution >= 0.6 is 23.2 Å². The zero-order valence-electron chi connectivity index (χ0n) is 16.1. The minimum Gasteiger partial charge on any atom is -0.386 e. The first-order valence-electron chi connectivity index (χ1n) is 9.59. The Morgan fingerprint density at radius 2 is 1.70 bits per heavy atom. The summed E-state index contributed by atoms with van der Waals surface area (Å²) in [6.07, 6.45) is 0.995. The van der Waals surface area contributed by atoms with Crippen LogP contribution in [-0.2, 0) is 6.42 Å². The van der Waals surface area contributed by atoms with Crippen molar-refractivity contribution in [2.75, 3.05) is 36.0 Å². The van der Waals surface area contributed by atoms with E-state index >= 15 is 0 Å². The molecule has 2 saturated heterocycles. The van der Waals surface area contributed by atoms with Crippen LogP contribution < -0.4 is 9.80 Å². The highest BCUT2D eigenvalue weighted by Gasteiger charge is 2.38. The van der Waals surface area contributed by atoms with Gasteiger partial charge in [-0.05, 0) is 49.1 Å². The molecule has 5 heteroatoms. The summed E-state index contributed by atoms with van der Waals surface area (Å²) in [4.78, 5) is 4.56. The van der Waals surface area contributed by atoms with Gasteiger partial charge in [-0.1, -0.05) is 48.3 Å². The topological polar surface area (TPSA) is 26.7 Å². The summed E-state index contributed by atoms with van der Waals surface area (Å²) < 4.78 is 0. The summed E-state index contributed by atoms with van der Waals surface area (Å²) in [6.45, 7) is 9.59. The van der Waals surface area contributed by atoms with Gasteiger partial charge in [0.25, 0.3) is 0 Å². The molecule has 2 aromatic rings. The van der Waals surface area contributed by atoms with Gasteiger partial charge in [0.05, 0.1) is 21.3 Å². The first-order valence-corrected chi connectivity index (χ1v) is 10.3. The van der Waals surface area contributed by atoms with Crippen LogP contribution in [0.1, 0.15) is 36.5 Å². The quantitative estimate of drug-likeness (QED) is 0.772. The summed E-state index contributed by atoms with van der Waals surface area (Å²) in [5.41, 5.74) is 5.75. The number of halogens is 2. The van der Waals surface area contributed by atoms with Crippen LogP contribution in [0, 0.1) is 6.92 Å². The molecule has 0 unspecified atom stereocenters. The average molecular weight is 405 g/mol. The molecule has 0 radical (unpaired) electrons. The molecule has 144 valence electrons. The van der Waals surface area contributed by atoms with E-state index < -0.39 is 5.60 Å². The van der Waals surface area contributed by atoms with E-state index in [2.05, 4.69) is 35.8 Å². The number of nitrogens with zero attached hydrogens (tertiary/aromatic N) is 2. The number of para-hydroxylation sites is 1. The lowest BCUT2D eigenvalue weighted by Crippen LogP contribution is -2.60. The minimum atomic E-state index is -0.557. The van der Waals surface area contributed by atoms with Gasteiger partial charge in [0, 0.05) is 37.8 Å². The van der Waals surface area contributed by atoms with Crippen molar-refractivity contribution in [3.05, 3.63) is 57.1 Å². The molecule has 3 nitrogen and oxygen atoms in total. The molecule has 0 amide bonds. The molecule has 2 aliphatic rings. The molecule has 2 fully saturated rings. The highest BCUT2D eigenvalue weighted by molar-refractivity contribution is 6.39. The molecule has 2 heterocycles. The first-order chi connectivity index (χ1) is 12.8. The molecule has 0 aliphatic carbocycles. The Balaban J connectivity index is 1.54. The third-order valence-corrected chi connectivity index (χ3v) is 6.38. The second-order valence-corrected chi connectivity index (χ2v) is 9.04. The van der Waals surface area contributed by atoms with Crippen LogP contribution in [0.5, 0.6) is 0 Å². The molecule has 1 N–H and O–H groups in total. The van der Waals surface area contributed by atoms with Gasteiger partial charge in [0.2, 0.25) is 0 Å². The SMILES string of the molecule is CCc1cc(C2CN(c3c(Cl)cccc3Cl)C2)cc(C)c1N1CC(C)(O)C1. The van der Waals surface area contributed by atoms with Gasteiger partial charge >= 0.3 is 0 Å². The molecule has 0 saturated carbocycles. The predicted molar refractivity (Wildman–Crippen MR) is 115 cm³/mol. The van der Waals surface area contributed by atoms with Gasteiger partial charge in [0.15, 0.2) is 0 Å². The van der Waals surface area contributed by atoms with Crippen molar-refractivity contribution in [1.82, 2.24) is 0 Å². The largest absolute Gasteiger partial charge is 0.386 e. The molecule has 0 spiro atoms. The third kappa shape index (κ3) is 3.41. The minimum absolute atomic E-state index is 0.495. The second kappa shape index (κ2) is 6.88. The molecular weight excluding hydrogens is 379 g/mol. The Hall–Kier alpha value is -1.42. The lowest BCUT2D eigenvalue weighted by atomic mass is 9.86. The van der Waals surface area contributed by atoms with Crippen molar-refractivity contribution in [2.45, 2.75) is 38.7 Å². The highest BCUT2D eigenvalue weighted by atomic mass is 35.5. The fourth-order valence-corrected chi connectivity index (χ4v) is 5.07. The Labute approximate surface area is 171 Å². The molecule has 2 aromatic carbocycles. The van der Waals surface area contributed by atoms with E-state index in [1.54, 1.807) is 0 Å². The normalized spacial score (nSPS) is 19.0. The number of β-amino-alcohol motifs (C(OH)–C–C–N with tert-alkyl or cyclic N) is 1. The van der Waals surface area contributed by atoms with E-state index in [9.17, 15) is 5.11 Å². The molecule has 27 heavy (non-hydrogen) atoms. The summed E-state index contributed by atoms with van der Waals surface area (Å²) >= 11 is 12.7. The van der Waals surface area contributed by atoms with Crippen molar-refractivity contribution < 1.29 is 5.11 Å². The van der Waals surface area contributed by atoms with Crippen molar-refractivity contribution >= 4 is 34.6 Å². The monoisotopic (exact) mass is 404 g/mol. The highest BCUT2D eigenvalue weighted by Crippen LogP contribution is 2.42. The Morgan fingerprint density at radius 3 is 2.26 bits per heavy atom. The summed E-state index contributed by atoms with van der Waals surface area (Å²) in [7, 11) is 0. The maximum absolute atomic E-state index is 10.1. The summed E-state index contributed by atoms with van der Waals surface area (Å²) in [6, 6.07) is 10.3. The maximum Gasteiger partial charge on any atom is 0.0967 e. The van der Waals surface area contributed by atoms with Gasteiger partial charge in [-0.3, -0.25) is 0 Å². The van der Waals surface area contributed by atoms with Gasteiger partial charge in [0.1, 0.15) is 0 Å². The van der Waals surface area contributed by atoms with Crippen LogP contribution in [0.25, 0.3) is 0 Å². The molecule has 0 bridgehead atoms. The summed E-state index contributed by atoms with van der Waals surface area (Å²) in [5.74, 6) is 0.495. The van der Waals surface area contributed by atoms with Crippen LogP contribution in [0.15, 0.2) is 30.3 Å². The van der Waals surface area contributed by atoms with Gasteiger partial charge in [-0.25, -0.2) is 0 Å². The van der Waals surface area contributed by atoms with Crippen molar-refractivity contribution in [3.63, 3.8) is 0 Å². The zero-order valence-corrected chi connectivity index (χ0v) is 17.6. The van der Waals surface area contributed by atoms with E-state index in [0.717, 1.165) is 25.2 Å². The average Bonchev–Trinajstić information content (AvgIpc) is 2.53. The van der Waals surface area contributed by atoms with Gasteiger partial charge < -0.3 is 14.9 Å². The number of benzene rings is 2. The fourth-order valence-electron chi connectivity index (χ4n) is 4.44. The van der Waals surface area contributed by atoms with Crippen molar-refractivity contribution in [2.24, 2.45) is 0 Å². The van der Waals surface area contributed by atoms with Gasteiger partial charge in [-0.2, -0.15) is 0 Å². The van der Waals surface area contributed by atoms with E-state index in [1.165, 1.54) is 22.4 Å². The van der Waals surface area contributed by atoms with Crippen molar-refractivity contribution in [1.29, 1.82) is 0 Å². The Morgan fingerprint density at radius 1 is 1.07 bits per heavy atom. The number of hydrogen-bond donors (Lipinski definition) is 1. The van der Waals surface area contributed by atoms with Crippen LogP contribution in [0.2, 0.25) is 10.0 Å².